The molecule has 0 aromatic rings. The summed E-state index contributed by atoms with van der Waals surface area (Å²) < 4.78 is 37.0. The molecule has 0 aliphatic rings. The molecule has 0 saturated heterocycles. The first-order valence-corrected chi connectivity index (χ1v) is 3.07. The zero-order valence-electron chi connectivity index (χ0n) is 5.34. The van der Waals surface area contributed by atoms with Crippen molar-refractivity contribution in [1.82, 2.24) is 0 Å². The van der Waals surface area contributed by atoms with Crippen LogP contribution in [0.2, 0.25) is 0 Å². The van der Waals surface area contributed by atoms with Crippen LogP contribution in [0, 0.1) is 0 Å². The average molecular weight is 189 g/mol. The van der Waals surface area contributed by atoms with Crippen LogP contribution in [0.5, 0.6) is 0 Å². The van der Waals surface area contributed by atoms with Gasteiger partial charge in [0.2, 0.25) is 0 Å². The molecule has 0 fully saturated rings. The standard InChI is InChI=1S/C4H5F3O3S/c1-3(2-8)11-10-9-4(5,6)7/h2,8H,1H3/p-1/b3-2+. The summed E-state index contributed by atoms with van der Waals surface area (Å²) in [5.74, 6) is 0. The van der Waals surface area contributed by atoms with Gasteiger partial charge >= 0.3 is 6.36 Å². The van der Waals surface area contributed by atoms with Crippen molar-refractivity contribution >= 4 is 12.0 Å². The summed E-state index contributed by atoms with van der Waals surface area (Å²) in [4.78, 5) is 2.92. The molecule has 11 heavy (non-hydrogen) atoms. The Morgan fingerprint density at radius 3 is 2.45 bits per heavy atom. The van der Waals surface area contributed by atoms with Gasteiger partial charge in [-0.3, -0.25) is 0 Å². The van der Waals surface area contributed by atoms with Crippen molar-refractivity contribution in [1.29, 1.82) is 0 Å². The fourth-order valence-electron chi connectivity index (χ4n) is 0.129. The zero-order valence-corrected chi connectivity index (χ0v) is 6.16. The van der Waals surface area contributed by atoms with Gasteiger partial charge in [0, 0.05) is 0 Å². The normalized spacial score (nSPS) is 13.6. The smallest absolute Gasteiger partial charge is 0.550 e. The highest BCUT2D eigenvalue weighted by Crippen LogP contribution is 2.22. The molecule has 7 heteroatoms. The maximum Gasteiger partial charge on any atom is 0.550 e. The molecule has 3 nitrogen and oxygen atoms in total. The second-order valence-electron chi connectivity index (χ2n) is 1.41. The predicted molar refractivity (Wildman–Crippen MR) is 29.6 cm³/mol. The van der Waals surface area contributed by atoms with Gasteiger partial charge in [0.15, 0.2) is 0 Å². The topological polar surface area (TPSA) is 41.5 Å². The van der Waals surface area contributed by atoms with Crippen LogP contribution in [0.1, 0.15) is 6.92 Å². The molecule has 0 unspecified atom stereocenters. The van der Waals surface area contributed by atoms with Crippen LogP contribution in [-0.4, -0.2) is 6.36 Å². The SMILES string of the molecule is C/C(=C\[O-])SOOC(F)(F)F. The van der Waals surface area contributed by atoms with Gasteiger partial charge < -0.3 is 5.11 Å². The Morgan fingerprint density at radius 1 is 1.55 bits per heavy atom. The molecule has 0 N–H and O–H groups in total. The second-order valence-corrected chi connectivity index (χ2v) is 2.36. The van der Waals surface area contributed by atoms with Crippen molar-refractivity contribution in [3.8, 4) is 0 Å². The number of halogens is 3. The van der Waals surface area contributed by atoms with Crippen molar-refractivity contribution in [2.75, 3.05) is 0 Å². The summed E-state index contributed by atoms with van der Waals surface area (Å²) in [6, 6.07) is 0. The number of allylic oxidation sites excluding steroid dienone is 1. The van der Waals surface area contributed by atoms with Gasteiger partial charge in [0.1, 0.15) is 0 Å². The molecule has 0 amide bonds. The lowest BCUT2D eigenvalue weighted by molar-refractivity contribution is -0.440. The number of hydrogen-bond acceptors (Lipinski definition) is 4. The molecule has 0 aromatic heterocycles. The lowest BCUT2D eigenvalue weighted by Gasteiger charge is -2.05. The third-order valence-electron chi connectivity index (χ3n) is 0.460. The minimum absolute atomic E-state index is 0.0363. The highest BCUT2D eigenvalue weighted by molar-refractivity contribution is 7.98. The van der Waals surface area contributed by atoms with E-state index in [1.807, 2.05) is 0 Å². The first-order valence-electron chi connectivity index (χ1n) is 2.33. The van der Waals surface area contributed by atoms with E-state index in [2.05, 4.69) is 9.22 Å². The first kappa shape index (κ1) is 10.6. The van der Waals surface area contributed by atoms with Crippen LogP contribution in [0.15, 0.2) is 11.2 Å². The van der Waals surface area contributed by atoms with E-state index in [9.17, 15) is 18.3 Å². The minimum atomic E-state index is -4.84. The summed E-state index contributed by atoms with van der Waals surface area (Å²) in [5.41, 5.74) is 0. The summed E-state index contributed by atoms with van der Waals surface area (Å²) in [6.45, 7) is 1.29. The fourth-order valence-corrected chi connectivity index (χ4v) is 0.387. The summed E-state index contributed by atoms with van der Waals surface area (Å²) >= 11 is 0.210. The molecular formula is C4H4F3O3S-. The Labute approximate surface area is 64.9 Å². The summed E-state index contributed by atoms with van der Waals surface area (Å²) in [7, 11) is 0. The molecule has 0 heterocycles. The van der Waals surface area contributed by atoms with Gasteiger partial charge in [-0.15, -0.1) is 24.3 Å². The van der Waals surface area contributed by atoms with Crippen molar-refractivity contribution in [2.45, 2.75) is 13.3 Å². The average Bonchev–Trinajstić information content (AvgIpc) is 1.85. The first-order chi connectivity index (χ1) is 4.95. The van der Waals surface area contributed by atoms with E-state index >= 15 is 0 Å². The third kappa shape index (κ3) is 7.50. The number of rotatable bonds is 3. The Morgan fingerprint density at radius 2 is 2.09 bits per heavy atom. The number of hydrogen-bond donors (Lipinski definition) is 0. The fraction of sp³-hybridized carbons (Fsp3) is 0.500. The van der Waals surface area contributed by atoms with E-state index in [1.54, 1.807) is 0 Å². The molecule has 0 aliphatic carbocycles. The molecule has 66 valence electrons. The highest BCUT2D eigenvalue weighted by atomic mass is 32.2. The molecule has 0 radical (unpaired) electrons. The monoisotopic (exact) mass is 189 g/mol. The Bertz CT molecular complexity index is 144. The number of alkyl halides is 3. The van der Waals surface area contributed by atoms with E-state index in [0.29, 0.717) is 6.26 Å². The molecule has 0 bridgehead atoms. The van der Waals surface area contributed by atoms with Crippen molar-refractivity contribution in [3.63, 3.8) is 0 Å². The van der Waals surface area contributed by atoms with E-state index in [0.717, 1.165) is 0 Å². The second kappa shape index (κ2) is 4.47. The molecule has 0 rings (SSSR count). The zero-order chi connectivity index (χ0) is 8.91. The lowest BCUT2D eigenvalue weighted by atomic mass is 10.7. The molecule has 0 spiro atoms. The van der Waals surface area contributed by atoms with Gasteiger partial charge in [0.05, 0.1) is 12.0 Å². The molecule has 0 aliphatic heterocycles. The van der Waals surface area contributed by atoms with Crippen molar-refractivity contribution < 1.29 is 27.5 Å². The van der Waals surface area contributed by atoms with E-state index in [4.69, 9.17) is 0 Å². The van der Waals surface area contributed by atoms with Crippen molar-refractivity contribution in [3.05, 3.63) is 11.2 Å². The molecule has 0 saturated carbocycles. The maximum absolute atomic E-state index is 11.2. The van der Waals surface area contributed by atoms with Gasteiger partial charge in [-0.1, -0.05) is 0 Å². The van der Waals surface area contributed by atoms with E-state index < -0.39 is 6.36 Å². The van der Waals surface area contributed by atoms with Crippen LogP contribution < -0.4 is 5.11 Å². The van der Waals surface area contributed by atoms with Crippen LogP contribution >= 0.6 is 12.0 Å². The van der Waals surface area contributed by atoms with Crippen LogP contribution in [0.25, 0.3) is 0 Å². The highest BCUT2D eigenvalue weighted by Gasteiger charge is 2.31. The van der Waals surface area contributed by atoms with Gasteiger partial charge in [-0.25, -0.2) is 0 Å². The van der Waals surface area contributed by atoms with Crippen molar-refractivity contribution in [2.24, 2.45) is 0 Å². The maximum atomic E-state index is 11.2. The quantitative estimate of drug-likeness (QED) is 0.290. The van der Waals surface area contributed by atoms with Gasteiger partial charge in [-0.2, -0.15) is 4.33 Å². The Hall–Kier alpha value is -0.400. The largest absolute Gasteiger partial charge is 0.877 e. The molecular weight excluding hydrogens is 185 g/mol. The lowest BCUT2D eigenvalue weighted by Crippen LogP contribution is -2.11. The van der Waals surface area contributed by atoms with E-state index in [1.165, 1.54) is 6.92 Å². The minimum Gasteiger partial charge on any atom is -0.877 e. The predicted octanol–water partition coefficient (Wildman–Crippen LogP) is 1.32. The van der Waals surface area contributed by atoms with Gasteiger partial charge in [-0.05, 0) is 11.8 Å². The van der Waals surface area contributed by atoms with E-state index in [-0.39, 0.29) is 16.9 Å². The van der Waals surface area contributed by atoms with Crippen LogP contribution in [0.3, 0.4) is 0 Å². The summed E-state index contributed by atoms with van der Waals surface area (Å²) in [5, 5.41) is 9.79. The Balaban J connectivity index is 3.43. The third-order valence-corrected chi connectivity index (χ3v) is 0.955. The Kier molecular flexibility index (Phi) is 4.31. The molecule has 0 aromatic carbocycles. The van der Waals surface area contributed by atoms with Crippen LogP contribution in [0.4, 0.5) is 13.2 Å². The molecule has 0 atom stereocenters. The van der Waals surface area contributed by atoms with Crippen LogP contribution in [-0.2, 0) is 9.22 Å². The van der Waals surface area contributed by atoms with Gasteiger partial charge in [0.25, 0.3) is 0 Å². The summed E-state index contributed by atoms with van der Waals surface area (Å²) in [6.07, 6.45) is -4.49.